The highest BCUT2D eigenvalue weighted by Gasteiger charge is 2.45. The van der Waals surface area contributed by atoms with Crippen molar-refractivity contribution in [3.8, 4) is 5.75 Å². The third kappa shape index (κ3) is 4.64. The van der Waals surface area contributed by atoms with Crippen LogP contribution in [0.3, 0.4) is 0 Å². The van der Waals surface area contributed by atoms with E-state index in [1.54, 1.807) is 36.8 Å². The second-order valence-corrected chi connectivity index (χ2v) is 7.66. The second kappa shape index (κ2) is 9.68. The van der Waals surface area contributed by atoms with Gasteiger partial charge in [0.05, 0.1) is 24.5 Å². The van der Waals surface area contributed by atoms with Crippen LogP contribution in [0.15, 0.2) is 72.8 Å². The Kier molecular flexibility index (Phi) is 6.53. The Morgan fingerprint density at radius 1 is 1.15 bits per heavy atom. The molecule has 0 bridgehead atoms. The standard InChI is InChI=1S/C25H24FN3O4/c1-2-33-20-6-3-5-18(15-20)22-21(23(30)17-7-9-19(26)10-8-17)24(31)25(32)29(22)13-4-12-28-14-11-27-16-28/h3,5-11,14-16,22,30H,2,4,12-13H2,1H3. The largest absolute Gasteiger partial charge is 0.507 e. The van der Waals surface area contributed by atoms with Crippen LogP contribution in [0.5, 0.6) is 5.75 Å². The fraction of sp³-hybridized carbons (Fsp3) is 0.240. The zero-order valence-corrected chi connectivity index (χ0v) is 18.1. The van der Waals surface area contributed by atoms with E-state index in [2.05, 4.69) is 4.98 Å². The first kappa shape index (κ1) is 22.3. The molecular weight excluding hydrogens is 425 g/mol. The molecule has 1 N–H and O–H groups in total. The summed E-state index contributed by atoms with van der Waals surface area (Å²) in [6.45, 7) is 3.24. The molecule has 0 radical (unpaired) electrons. The van der Waals surface area contributed by atoms with Crippen molar-refractivity contribution in [2.45, 2.75) is 25.9 Å². The van der Waals surface area contributed by atoms with Crippen molar-refractivity contribution in [3.05, 3.63) is 89.8 Å². The molecule has 8 heteroatoms. The van der Waals surface area contributed by atoms with E-state index in [0.29, 0.717) is 37.4 Å². The van der Waals surface area contributed by atoms with Gasteiger partial charge in [-0.15, -0.1) is 0 Å². The van der Waals surface area contributed by atoms with Crippen LogP contribution < -0.4 is 4.74 Å². The molecule has 0 saturated carbocycles. The van der Waals surface area contributed by atoms with Crippen LogP contribution in [0.1, 0.15) is 30.5 Å². The number of aliphatic hydroxyl groups is 1. The van der Waals surface area contributed by atoms with Gasteiger partial charge in [-0.1, -0.05) is 12.1 Å². The minimum absolute atomic E-state index is 0.0251. The van der Waals surface area contributed by atoms with Gasteiger partial charge in [0.1, 0.15) is 17.3 Å². The molecular formula is C25H24FN3O4. The van der Waals surface area contributed by atoms with Gasteiger partial charge in [-0.3, -0.25) is 9.59 Å². The summed E-state index contributed by atoms with van der Waals surface area (Å²) in [5, 5.41) is 11.0. The molecule has 1 aliphatic rings. The molecule has 170 valence electrons. The number of aryl methyl sites for hydroxylation is 1. The van der Waals surface area contributed by atoms with Crippen molar-refractivity contribution >= 4 is 17.4 Å². The number of aliphatic hydroxyl groups excluding tert-OH is 1. The Morgan fingerprint density at radius 2 is 1.94 bits per heavy atom. The van der Waals surface area contributed by atoms with Crippen molar-refractivity contribution in [2.24, 2.45) is 0 Å². The third-order valence-electron chi connectivity index (χ3n) is 5.52. The summed E-state index contributed by atoms with van der Waals surface area (Å²) < 4.78 is 20.9. The van der Waals surface area contributed by atoms with E-state index >= 15 is 0 Å². The van der Waals surface area contributed by atoms with E-state index in [9.17, 15) is 19.1 Å². The van der Waals surface area contributed by atoms with Gasteiger partial charge < -0.3 is 19.3 Å². The van der Waals surface area contributed by atoms with Gasteiger partial charge in [-0.05, 0) is 55.3 Å². The minimum Gasteiger partial charge on any atom is -0.507 e. The summed E-state index contributed by atoms with van der Waals surface area (Å²) in [5.74, 6) is -1.66. The number of nitrogens with zero attached hydrogens (tertiary/aromatic N) is 3. The molecule has 0 spiro atoms. The molecule has 7 nitrogen and oxygen atoms in total. The highest BCUT2D eigenvalue weighted by molar-refractivity contribution is 6.46. The number of likely N-dealkylation sites (tertiary alicyclic amines) is 1. The Balaban J connectivity index is 1.74. The predicted octanol–water partition coefficient (Wildman–Crippen LogP) is 3.93. The molecule has 1 fully saturated rings. The number of carbonyl (C=O) groups is 2. The first-order chi connectivity index (χ1) is 16.0. The number of hydrogen-bond donors (Lipinski definition) is 1. The van der Waals surface area contributed by atoms with Crippen LogP contribution in [-0.2, 0) is 16.1 Å². The van der Waals surface area contributed by atoms with Crippen LogP contribution in [-0.4, -0.2) is 44.4 Å². The molecule has 1 aliphatic heterocycles. The number of ketones is 1. The van der Waals surface area contributed by atoms with Crippen molar-refractivity contribution in [3.63, 3.8) is 0 Å². The average Bonchev–Trinajstić information content (AvgIpc) is 3.42. The van der Waals surface area contributed by atoms with Gasteiger partial charge in [0.15, 0.2) is 0 Å². The van der Waals surface area contributed by atoms with E-state index in [4.69, 9.17) is 4.74 Å². The number of rotatable bonds is 8. The Labute approximate surface area is 190 Å². The highest BCUT2D eigenvalue weighted by atomic mass is 19.1. The molecule has 2 aromatic carbocycles. The monoisotopic (exact) mass is 449 g/mol. The van der Waals surface area contributed by atoms with Gasteiger partial charge >= 0.3 is 0 Å². The summed E-state index contributed by atoms with van der Waals surface area (Å²) in [6.07, 6.45) is 5.77. The number of hydrogen-bond acceptors (Lipinski definition) is 5. The lowest BCUT2D eigenvalue weighted by Crippen LogP contribution is -2.31. The lowest BCUT2D eigenvalue weighted by atomic mass is 9.95. The predicted molar refractivity (Wildman–Crippen MR) is 120 cm³/mol. The Hall–Kier alpha value is -3.94. The maximum absolute atomic E-state index is 13.4. The fourth-order valence-electron chi connectivity index (χ4n) is 4.00. The minimum atomic E-state index is -0.793. The number of imidazole rings is 1. The van der Waals surface area contributed by atoms with E-state index in [1.165, 1.54) is 29.2 Å². The number of carbonyl (C=O) groups excluding carboxylic acids is 2. The van der Waals surface area contributed by atoms with Crippen LogP contribution in [0.25, 0.3) is 5.76 Å². The van der Waals surface area contributed by atoms with E-state index < -0.39 is 23.5 Å². The zero-order chi connectivity index (χ0) is 23.4. The molecule has 1 saturated heterocycles. The number of aromatic nitrogens is 2. The second-order valence-electron chi connectivity index (χ2n) is 7.66. The number of amides is 1. The molecule has 33 heavy (non-hydrogen) atoms. The Bertz CT molecular complexity index is 1170. The van der Waals surface area contributed by atoms with Crippen LogP contribution in [0.4, 0.5) is 4.39 Å². The van der Waals surface area contributed by atoms with Crippen LogP contribution in [0.2, 0.25) is 0 Å². The zero-order valence-electron chi connectivity index (χ0n) is 18.1. The van der Waals surface area contributed by atoms with E-state index in [-0.39, 0.29) is 16.9 Å². The first-order valence-electron chi connectivity index (χ1n) is 10.7. The highest BCUT2D eigenvalue weighted by Crippen LogP contribution is 2.40. The summed E-state index contributed by atoms with van der Waals surface area (Å²) in [6, 6.07) is 11.5. The normalized spacial score (nSPS) is 17.5. The lowest BCUT2D eigenvalue weighted by molar-refractivity contribution is -0.139. The third-order valence-corrected chi connectivity index (χ3v) is 5.52. The van der Waals surface area contributed by atoms with Gasteiger partial charge in [0, 0.05) is 31.0 Å². The van der Waals surface area contributed by atoms with E-state index in [1.807, 2.05) is 17.7 Å². The lowest BCUT2D eigenvalue weighted by Gasteiger charge is -2.25. The van der Waals surface area contributed by atoms with Crippen molar-refractivity contribution in [2.75, 3.05) is 13.2 Å². The average molecular weight is 449 g/mol. The van der Waals surface area contributed by atoms with Gasteiger partial charge in [0.2, 0.25) is 0 Å². The van der Waals surface area contributed by atoms with E-state index in [0.717, 1.165) is 0 Å². The molecule has 0 aliphatic carbocycles. The molecule has 1 unspecified atom stereocenters. The number of Topliss-reactive ketones (excluding diaryl/α,β-unsaturated/α-hetero) is 1. The van der Waals surface area contributed by atoms with Crippen LogP contribution >= 0.6 is 0 Å². The quantitative estimate of drug-likeness (QED) is 0.320. The van der Waals surface area contributed by atoms with Crippen molar-refractivity contribution in [1.29, 1.82) is 0 Å². The topological polar surface area (TPSA) is 84.7 Å². The molecule has 1 aromatic heterocycles. The molecule has 3 aromatic rings. The maximum Gasteiger partial charge on any atom is 0.295 e. The fourth-order valence-corrected chi connectivity index (χ4v) is 4.00. The first-order valence-corrected chi connectivity index (χ1v) is 10.7. The molecule has 4 rings (SSSR count). The smallest absolute Gasteiger partial charge is 0.295 e. The number of ether oxygens (including phenoxy) is 1. The molecule has 1 atom stereocenters. The summed E-state index contributed by atoms with van der Waals surface area (Å²) in [4.78, 5) is 31.6. The summed E-state index contributed by atoms with van der Waals surface area (Å²) in [7, 11) is 0. The maximum atomic E-state index is 13.4. The van der Waals surface area contributed by atoms with Crippen LogP contribution in [0, 0.1) is 5.82 Å². The van der Waals surface area contributed by atoms with Gasteiger partial charge in [-0.25, -0.2) is 9.37 Å². The summed E-state index contributed by atoms with van der Waals surface area (Å²) >= 11 is 0. The molecule has 1 amide bonds. The van der Waals surface area contributed by atoms with Crippen molar-refractivity contribution < 1.29 is 23.8 Å². The number of benzene rings is 2. The SMILES string of the molecule is CCOc1cccc(C2C(=C(O)c3ccc(F)cc3)C(=O)C(=O)N2CCCn2ccnc2)c1. The Morgan fingerprint density at radius 3 is 2.64 bits per heavy atom. The van der Waals surface area contributed by atoms with Crippen molar-refractivity contribution in [1.82, 2.24) is 14.5 Å². The summed E-state index contributed by atoms with van der Waals surface area (Å²) in [5.41, 5.74) is 0.883. The number of halogens is 1. The molecule has 2 heterocycles. The van der Waals surface area contributed by atoms with Gasteiger partial charge in [-0.2, -0.15) is 0 Å². The van der Waals surface area contributed by atoms with Gasteiger partial charge in [0.25, 0.3) is 11.7 Å².